The normalized spacial score (nSPS) is 14.3. The Balaban J connectivity index is 0.00000145. The molecule has 2 aromatic rings. The molecule has 9 heteroatoms. The van der Waals surface area contributed by atoms with Crippen LogP contribution in [0.15, 0.2) is 61.5 Å². The number of amides is 2. The van der Waals surface area contributed by atoms with Crippen molar-refractivity contribution in [1.82, 2.24) is 14.9 Å². The summed E-state index contributed by atoms with van der Waals surface area (Å²) in [6.45, 7) is 8.59. The van der Waals surface area contributed by atoms with E-state index in [1.165, 1.54) is 0 Å². The molecule has 4 N–H and O–H groups in total. The highest BCUT2D eigenvalue weighted by atomic mass is 16.3. The van der Waals surface area contributed by atoms with E-state index >= 15 is 0 Å². The van der Waals surface area contributed by atoms with Crippen LogP contribution in [-0.4, -0.2) is 65.5 Å². The van der Waals surface area contributed by atoms with Crippen LogP contribution in [0.5, 0.6) is 5.75 Å². The van der Waals surface area contributed by atoms with E-state index in [2.05, 4.69) is 44.4 Å². The number of piperidine rings is 1. The van der Waals surface area contributed by atoms with Crippen LogP contribution < -0.4 is 16.0 Å². The molecule has 1 aromatic heterocycles. The predicted molar refractivity (Wildman–Crippen MR) is 145 cm³/mol. The minimum atomic E-state index is 0.210. The van der Waals surface area contributed by atoms with E-state index in [4.69, 9.17) is 4.79 Å². The highest BCUT2D eigenvalue weighted by Gasteiger charge is 2.23. The van der Waals surface area contributed by atoms with Gasteiger partial charge in [0.1, 0.15) is 17.9 Å². The highest BCUT2D eigenvalue weighted by molar-refractivity contribution is 5.74. The van der Waals surface area contributed by atoms with E-state index < -0.39 is 0 Å². The SMILES string of the molecule is C=C/C(=C\C=C/C)c1cc(N2CCC(N(C)CCc3cc(O)ccc3NC=O)CC2)ncn1.NC=O. The number of likely N-dealkylation sites (N-methyl/N-ethyl adjacent to an activating group) is 1. The lowest BCUT2D eigenvalue weighted by atomic mass is 10.0. The molecule has 1 saturated heterocycles. The molecule has 9 nitrogen and oxygen atoms in total. The summed E-state index contributed by atoms with van der Waals surface area (Å²) in [5.74, 6) is 1.15. The van der Waals surface area contributed by atoms with Gasteiger partial charge in [0.25, 0.3) is 0 Å². The number of benzene rings is 1. The molecule has 3 rings (SSSR count). The summed E-state index contributed by atoms with van der Waals surface area (Å²) < 4.78 is 0. The summed E-state index contributed by atoms with van der Waals surface area (Å²) in [7, 11) is 2.14. The number of hydrogen-bond donors (Lipinski definition) is 3. The smallest absolute Gasteiger partial charge is 0.211 e. The number of anilines is 2. The molecule has 2 amide bonds. The van der Waals surface area contributed by atoms with Crippen LogP contribution in [0.25, 0.3) is 5.57 Å². The van der Waals surface area contributed by atoms with Gasteiger partial charge in [0.15, 0.2) is 0 Å². The Labute approximate surface area is 213 Å². The number of allylic oxidation sites excluding steroid dienone is 5. The lowest BCUT2D eigenvalue weighted by Crippen LogP contribution is -2.44. The van der Waals surface area contributed by atoms with E-state index in [0.29, 0.717) is 12.5 Å². The maximum Gasteiger partial charge on any atom is 0.211 e. The molecule has 0 atom stereocenters. The summed E-state index contributed by atoms with van der Waals surface area (Å²) in [5, 5.41) is 12.5. The van der Waals surface area contributed by atoms with E-state index in [1.807, 2.05) is 37.3 Å². The quantitative estimate of drug-likeness (QED) is 0.264. The van der Waals surface area contributed by atoms with Crippen molar-refractivity contribution in [3.63, 3.8) is 0 Å². The number of carbonyl (C=O) groups excluding carboxylic acids is 2. The van der Waals surface area contributed by atoms with Gasteiger partial charge in [-0.1, -0.05) is 30.9 Å². The maximum absolute atomic E-state index is 10.9. The third kappa shape index (κ3) is 8.35. The lowest BCUT2D eigenvalue weighted by Gasteiger charge is -2.37. The number of phenolic OH excluding ortho intramolecular Hbond substituents is 1. The van der Waals surface area contributed by atoms with Crippen LogP contribution >= 0.6 is 0 Å². The Morgan fingerprint density at radius 1 is 1.28 bits per heavy atom. The Morgan fingerprint density at radius 3 is 2.64 bits per heavy atom. The minimum Gasteiger partial charge on any atom is -0.508 e. The van der Waals surface area contributed by atoms with Gasteiger partial charge in [0, 0.05) is 37.4 Å². The van der Waals surface area contributed by atoms with E-state index in [9.17, 15) is 9.90 Å². The molecule has 1 aromatic carbocycles. The van der Waals surface area contributed by atoms with E-state index in [0.717, 1.165) is 67.2 Å². The number of hydrogen-bond acceptors (Lipinski definition) is 7. The molecule has 36 heavy (non-hydrogen) atoms. The van der Waals surface area contributed by atoms with Gasteiger partial charge in [-0.15, -0.1) is 0 Å². The number of carbonyl (C=O) groups is 2. The largest absolute Gasteiger partial charge is 0.508 e. The fourth-order valence-electron chi connectivity index (χ4n) is 4.14. The summed E-state index contributed by atoms with van der Waals surface area (Å²) in [6, 6.07) is 7.54. The van der Waals surface area contributed by atoms with Gasteiger partial charge in [-0.05, 0) is 62.6 Å². The van der Waals surface area contributed by atoms with Crippen LogP contribution in [0, 0.1) is 0 Å². The van der Waals surface area contributed by atoms with E-state index in [-0.39, 0.29) is 12.2 Å². The van der Waals surface area contributed by atoms with E-state index in [1.54, 1.807) is 24.5 Å². The molecule has 0 spiro atoms. The number of aromatic hydroxyl groups is 1. The first-order valence-corrected chi connectivity index (χ1v) is 11.9. The second-order valence-corrected chi connectivity index (χ2v) is 8.30. The molecule has 0 bridgehead atoms. The zero-order chi connectivity index (χ0) is 26.3. The Hall–Kier alpha value is -3.98. The molecular formula is C27H36N6O3. The number of nitrogens with one attached hydrogen (secondary N) is 1. The molecule has 0 aliphatic carbocycles. The van der Waals surface area contributed by atoms with Gasteiger partial charge in [-0.3, -0.25) is 9.59 Å². The van der Waals surface area contributed by atoms with Crippen LogP contribution in [0.4, 0.5) is 11.5 Å². The second kappa shape index (κ2) is 15.1. The number of nitrogens with zero attached hydrogens (tertiary/aromatic N) is 4. The first kappa shape index (κ1) is 28.3. The molecule has 192 valence electrons. The van der Waals surface area contributed by atoms with Crippen molar-refractivity contribution in [2.24, 2.45) is 5.73 Å². The molecule has 1 aliphatic heterocycles. The second-order valence-electron chi connectivity index (χ2n) is 8.30. The fourth-order valence-corrected chi connectivity index (χ4v) is 4.14. The van der Waals surface area contributed by atoms with Crippen molar-refractivity contribution >= 4 is 29.9 Å². The summed E-state index contributed by atoms with van der Waals surface area (Å²) in [4.78, 5) is 33.0. The number of nitrogens with two attached hydrogens (primary N) is 1. The standard InChI is InChI=1S/C26H33N5O2.CH3NO/c1-4-6-7-20(5-2)25-17-26(28-18-27-25)31-14-11-22(12-15-31)30(3)13-10-21-16-23(33)8-9-24(21)29-19-32;2-1-3/h4-9,16-19,22,33H,2,10-15H2,1,3H3,(H,29,32);1H,(H2,2,3)/b6-4-,20-7+;. The summed E-state index contributed by atoms with van der Waals surface area (Å²) >= 11 is 0. The lowest BCUT2D eigenvalue weighted by molar-refractivity contribution is -0.107. The van der Waals surface area contributed by atoms with Crippen molar-refractivity contribution in [3.8, 4) is 5.75 Å². The average molecular weight is 493 g/mol. The Bertz CT molecular complexity index is 1060. The zero-order valence-corrected chi connectivity index (χ0v) is 21.0. The molecule has 2 heterocycles. The van der Waals surface area contributed by atoms with Crippen LogP contribution in [0.2, 0.25) is 0 Å². The minimum absolute atomic E-state index is 0.210. The fraction of sp³-hybridized carbons (Fsp3) is 0.333. The van der Waals surface area contributed by atoms with Gasteiger partial charge >= 0.3 is 0 Å². The average Bonchev–Trinajstić information content (AvgIpc) is 2.90. The number of primary amides is 1. The Kier molecular flexibility index (Phi) is 11.9. The first-order chi connectivity index (χ1) is 17.5. The van der Waals surface area contributed by atoms with Crippen molar-refractivity contribution in [3.05, 3.63) is 72.7 Å². The maximum atomic E-state index is 10.9. The zero-order valence-electron chi connectivity index (χ0n) is 21.0. The van der Waals surface area contributed by atoms with Gasteiger partial charge in [-0.25, -0.2) is 9.97 Å². The monoisotopic (exact) mass is 492 g/mol. The van der Waals surface area contributed by atoms with Gasteiger partial charge < -0.3 is 26.0 Å². The third-order valence-corrected chi connectivity index (χ3v) is 6.09. The predicted octanol–water partition coefficient (Wildman–Crippen LogP) is 3.14. The van der Waals surface area contributed by atoms with Crippen molar-refractivity contribution in [2.75, 3.05) is 36.9 Å². The van der Waals surface area contributed by atoms with Crippen molar-refractivity contribution in [2.45, 2.75) is 32.2 Å². The van der Waals surface area contributed by atoms with Crippen molar-refractivity contribution < 1.29 is 14.7 Å². The van der Waals surface area contributed by atoms with Crippen LogP contribution in [0.1, 0.15) is 31.0 Å². The van der Waals surface area contributed by atoms with Gasteiger partial charge in [0.2, 0.25) is 12.8 Å². The van der Waals surface area contributed by atoms with Crippen molar-refractivity contribution in [1.29, 1.82) is 0 Å². The number of aromatic nitrogens is 2. The highest BCUT2D eigenvalue weighted by Crippen LogP contribution is 2.25. The van der Waals surface area contributed by atoms with Crippen LogP contribution in [-0.2, 0) is 16.0 Å². The summed E-state index contributed by atoms with van der Waals surface area (Å²) in [5.41, 5.74) is 7.69. The molecule has 0 unspecified atom stereocenters. The van der Waals surface area contributed by atoms with Gasteiger partial charge in [-0.2, -0.15) is 0 Å². The first-order valence-electron chi connectivity index (χ1n) is 11.9. The molecule has 1 aliphatic rings. The summed E-state index contributed by atoms with van der Waals surface area (Å²) in [6.07, 6.45) is 13.1. The molecule has 1 fully saturated rings. The molecular weight excluding hydrogens is 456 g/mol. The van der Waals surface area contributed by atoms with Gasteiger partial charge in [0.05, 0.1) is 5.69 Å². The number of phenols is 1. The topological polar surface area (TPSA) is 125 Å². The van der Waals surface area contributed by atoms with Crippen LogP contribution in [0.3, 0.4) is 0 Å². The molecule has 0 radical (unpaired) electrons. The Morgan fingerprint density at radius 2 is 2.00 bits per heavy atom. The molecule has 0 saturated carbocycles. The third-order valence-electron chi connectivity index (χ3n) is 6.09. The number of rotatable bonds is 10.